The van der Waals surface area contributed by atoms with Crippen LogP contribution in [0.4, 0.5) is 5.69 Å². The minimum absolute atomic E-state index is 0.0888. The molecule has 0 fully saturated rings. The zero-order valence-corrected chi connectivity index (χ0v) is 19.6. The van der Waals surface area contributed by atoms with Gasteiger partial charge in [-0.1, -0.05) is 60.2 Å². The van der Waals surface area contributed by atoms with Gasteiger partial charge in [-0.3, -0.25) is 4.79 Å². The number of nitrogens with one attached hydrogen (secondary N) is 1. The van der Waals surface area contributed by atoms with Crippen LogP contribution in [0.5, 0.6) is 0 Å². The molecule has 0 spiro atoms. The molecule has 1 amide bonds. The van der Waals surface area contributed by atoms with E-state index >= 15 is 0 Å². The van der Waals surface area contributed by atoms with Crippen LogP contribution in [0.15, 0.2) is 113 Å². The van der Waals surface area contributed by atoms with Crippen molar-refractivity contribution in [2.45, 2.75) is 28.2 Å². The van der Waals surface area contributed by atoms with Crippen molar-refractivity contribution >= 4 is 35.1 Å². The number of anilines is 1. The van der Waals surface area contributed by atoms with Gasteiger partial charge in [-0.2, -0.15) is 0 Å². The van der Waals surface area contributed by atoms with Crippen LogP contribution in [0, 0.1) is 6.92 Å². The van der Waals surface area contributed by atoms with Crippen LogP contribution >= 0.6 is 23.5 Å². The lowest BCUT2D eigenvalue weighted by molar-refractivity contribution is 0.102. The molecule has 4 aromatic rings. The monoisotopic (exact) mass is 455 g/mol. The van der Waals surface area contributed by atoms with Gasteiger partial charge in [0.2, 0.25) is 0 Å². The van der Waals surface area contributed by atoms with Crippen LogP contribution in [0.3, 0.4) is 0 Å². The van der Waals surface area contributed by atoms with Crippen LogP contribution in [0.1, 0.15) is 27.0 Å². The summed E-state index contributed by atoms with van der Waals surface area (Å²) in [6, 6.07) is 34.8. The van der Waals surface area contributed by atoms with Crippen LogP contribution < -0.4 is 5.32 Å². The smallest absolute Gasteiger partial charge is 0.255 e. The normalized spacial score (nSPS) is 10.7. The largest absolute Gasteiger partial charge is 0.322 e. The molecule has 0 heterocycles. The Labute approximate surface area is 198 Å². The van der Waals surface area contributed by atoms with Gasteiger partial charge in [0.25, 0.3) is 5.91 Å². The van der Waals surface area contributed by atoms with Gasteiger partial charge in [-0.05, 0) is 66.6 Å². The summed E-state index contributed by atoms with van der Waals surface area (Å²) in [7, 11) is 0. The Morgan fingerprint density at radius 3 is 1.78 bits per heavy atom. The van der Waals surface area contributed by atoms with E-state index < -0.39 is 0 Å². The fourth-order valence-electron chi connectivity index (χ4n) is 3.12. The summed E-state index contributed by atoms with van der Waals surface area (Å²) < 4.78 is 0. The summed E-state index contributed by atoms with van der Waals surface area (Å²) in [5.41, 5.74) is 5.17. The maximum Gasteiger partial charge on any atom is 0.255 e. The zero-order valence-electron chi connectivity index (χ0n) is 18.0. The van der Waals surface area contributed by atoms with Crippen LogP contribution in [0.2, 0.25) is 0 Å². The second-order valence-electron chi connectivity index (χ2n) is 7.55. The fourth-order valence-corrected chi connectivity index (χ4v) is 4.85. The minimum atomic E-state index is -0.0888. The van der Waals surface area contributed by atoms with Crippen molar-refractivity contribution in [1.82, 2.24) is 0 Å². The molecule has 4 aromatic carbocycles. The van der Waals surface area contributed by atoms with Crippen molar-refractivity contribution < 1.29 is 4.79 Å². The minimum Gasteiger partial charge on any atom is -0.322 e. The van der Waals surface area contributed by atoms with Gasteiger partial charge in [0.1, 0.15) is 0 Å². The quantitative estimate of drug-likeness (QED) is 0.274. The molecule has 0 aliphatic heterocycles. The van der Waals surface area contributed by atoms with Crippen LogP contribution in [0.25, 0.3) is 0 Å². The molecule has 160 valence electrons. The Bertz CT molecular complexity index is 1140. The number of hydrogen-bond donors (Lipinski definition) is 1. The summed E-state index contributed by atoms with van der Waals surface area (Å²) >= 11 is 3.61. The predicted octanol–water partition coefficient (Wildman–Crippen LogP) is 7.83. The number of aryl methyl sites for hydroxylation is 1. The molecule has 0 bridgehead atoms. The molecule has 32 heavy (non-hydrogen) atoms. The Balaban J connectivity index is 1.28. The van der Waals surface area contributed by atoms with Crippen molar-refractivity contribution in [1.29, 1.82) is 0 Å². The molecule has 4 rings (SSSR count). The third kappa shape index (κ3) is 6.52. The topological polar surface area (TPSA) is 29.1 Å². The molecule has 0 aromatic heterocycles. The molecule has 0 saturated carbocycles. The molecular formula is C28H25NOS2. The van der Waals surface area contributed by atoms with E-state index in [1.54, 1.807) is 23.5 Å². The van der Waals surface area contributed by atoms with E-state index in [0.29, 0.717) is 5.56 Å². The Kier molecular flexibility index (Phi) is 7.70. The van der Waals surface area contributed by atoms with Gasteiger partial charge in [0, 0.05) is 32.5 Å². The molecule has 0 saturated heterocycles. The van der Waals surface area contributed by atoms with Crippen molar-refractivity contribution in [3.63, 3.8) is 0 Å². The maximum absolute atomic E-state index is 12.6. The maximum atomic E-state index is 12.6. The van der Waals surface area contributed by atoms with Crippen LogP contribution in [-0.4, -0.2) is 5.91 Å². The van der Waals surface area contributed by atoms with Gasteiger partial charge < -0.3 is 5.32 Å². The third-order valence-electron chi connectivity index (χ3n) is 5.00. The summed E-state index contributed by atoms with van der Waals surface area (Å²) in [5.74, 6) is 1.70. The summed E-state index contributed by atoms with van der Waals surface area (Å²) in [5, 5.41) is 2.99. The number of thioether (sulfide) groups is 2. The van der Waals surface area contributed by atoms with Gasteiger partial charge >= 0.3 is 0 Å². The number of carbonyl (C=O) groups excluding carboxylic acids is 1. The zero-order chi connectivity index (χ0) is 22.2. The van der Waals surface area contributed by atoms with E-state index in [-0.39, 0.29) is 5.91 Å². The molecule has 0 atom stereocenters. The summed E-state index contributed by atoms with van der Waals surface area (Å²) in [6.45, 7) is 2.09. The number of amides is 1. The highest BCUT2D eigenvalue weighted by atomic mass is 32.2. The van der Waals surface area contributed by atoms with Gasteiger partial charge in [-0.15, -0.1) is 23.5 Å². The first-order valence-electron chi connectivity index (χ1n) is 10.5. The van der Waals surface area contributed by atoms with E-state index in [0.717, 1.165) is 17.2 Å². The average Bonchev–Trinajstić information content (AvgIpc) is 2.84. The van der Waals surface area contributed by atoms with Gasteiger partial charge in [0.15, 0.2) is 0 Å². The number of carbonyl (C=O) groups is 1. The standard InChI is InChI=1S/C28H25NOS2/c1-21-7-17-27(18-8-21)32-19-22-9-13-24(14-10-22)28(30)29-25-15-11-23(12-16-25)20-31-26-5-3-2-4-6-26/h2-18H,19-20H2,1H3,(H,29,30). The first-order chi connectivity index (χ1) is 15.7. The highest BCUT2D eigenvalue weighted by molar-refractivity contribution is 7.98. The van der Waals surface area contributed by atoms with E-state index in [2.05, 4.69) is 72.9 Å². The molecule has 0 radical (unpaired) electrons. The molecule has 2 nitrogen and oxygen atoms in total. The fraction of sp³-hybridized carbons (Fsp3) is 0.107. The molecule has 0 aliphatic rings. The number of hydrogen-bond acceptors (Lipinski definition) is 3. The second kappa shape index (κ2) is 11.1. The average molecular weight is 456 g/mol. The van der Waals surface area contributed by atoms with Crippen molar-refractivity contribution in [3.05, 3.63) is 125 Å². The second-order valence-corrected chi connectivity index (χ2v) is 9.65. The van der Waals surface area contributed by atoms with Crippen molar-refractivity contribution in [3.8, 4) is 0 Å². The Morgan fingerprint density at radius 2 is 1.19 bits per heavy atom. The van der Waals surface area contributed by atoms with E-state index in [9.17, 15) is 4.79 Å². The molecule has 0 unspecified atom stereocenters. The first-order valence-corrected chi connectivity index (χ1v) is 12.5. The van der Waals surface area contributed by atoms with Crippen molar-refractivity contribution in [2.24, 2.45) is 0 Å². The highest BCUT2D eigenvalue weighted by Crippen LogP contribution is 2.24. The predicted molar refractivity (Wildman–Crippen MR) is 138 cm³/mol. The van der Waals surface area contributed by atoms with Gasteiger partial charge in [-0.25, -0.2) is 0 Å². The van der Waals surface area contributed by atoms with E-state index in [1.807, 2.05) is 42.5 Å². The van der Waals surface area contributed by atoms with Crippen LogP contribution in [-0.2, 0) is 11.5 Å². The molecule has 1 N–H and O–H groups in total. The Hall–Kier alpha value is -2.95. The van der Waals surface area contributed by atoms with Gasteiger partial charge in [0.05, 0.1) is 0 Å². The number of rotatable bonds is 8. The Morgan fingerprint density at radius 1 is 0.656 bits per heavy atom. The highest BCUT2D eigenvalue weighted by Gasteiger charge is 2.07. The molecular weight excluding hydrogens is 430 g/mol. The van der Waals surface area contributed by atoms with E-state index in [4.69, 9.17) is 0 Å². The number of benzene rings is 4. The summed E-state index contributed by atoms with van der Waals surface area (Å²) in [6.07, 6.45) is 0. The SMILES string of the molecule is Cc1ccc(SCc2ccc(C(=O)Nc3ccc(CSc4ccccc4)cc3)cc2)cc1. The summed E-state index contributed by atoms with van der Waals surface area (Å²) in [4.78, 5) is 15.1. The van der Waals surface area contributed by atoms with Crippen molar-refractivity contribution in [2.75, 3.05) is 5.32 Å². The molecule has 4 heteroatoms. The first kappa shape index (κ1) is 22.3. The third-order valence-corrected chi connectivity index (χ3v) is 7.17. The lowest BCUT2D eigenvalue weighted by Crippen LogP contribution is -2.11. The molecule has 0 aliphatic carbocycles. The van der Waals surface area contributed by atoms with E-state index in [1.165, 1.54) is 26.5 Å². The lowest BCUT2D eigenvalue weighted by atomic mass is 10.1. The lowest BCUT2D eigenvalue weighted by Gasteiger charge is -2.08.